The summed E-state index contributed by atoms with van der Waals surface area (Å²) in [5.41, 5.74) is 6.99. The van der Waals surface area contributed by atoms with Gasteiger partial charge in [-0.15, -0.1) is 0 Å². The molecular weight excluding hydrogens is 252 g/mol. The van der Waals surface area contributed by atoms with Gasteiger partial charge in [0.15, 0.2) is 6.61 Å². The minimum Gasteiger partial charge on any atom is -0.483 e. The number of hydrogen-bond acceptors (Lipinski definition) is 3. The summed E-state index contributed by atoms with van der Waals surface area (Å²) in [6.07, 6.45) is 2.86. The lowest BCUT2D eigenvalue weighted by atomic mass is 10.0. The van der Waals surface area contributed by atoms with E-state index in [9.17, 15) is 4.79 Å². The van der Waals surface area contributed by atoms with Crippen LogP contribution >= 0.6 is 0 Å². The molecule has 20 heavy (non-hydrogen) atoms. The number of amides is 1. The van der Waals surface area contributed by atoms with Gasteiger partial charge in [0.05, 0.1) is 0 Å². The van der Waals surface area contributed by atoms with E-state index < -0.39 is 0 Å². The van der Waals surface area contributed by atoms with Gasteiger partial charge in [-0.25, -0.2) is 0 Å². The summed E-state index contributed by atoms with van der Waals surface area (Å²) < 4.78 is 5.61. The van der Waals surface area contributed by atoms with Crippen LogP contribution in [0.2, 0.25) is 0 Å². The third kappa shape index (κ3) is 5.21. The van der Waals surface area contributed by atoms with E-state index in [2.05, 4.69) is 12.2 Å². The third-order valence-electron chi connectivity index (χ3n) is 3.25. The number of nitrogens with two attached hydrogens (primary N) is 1. The highest BCUT2D eigenvalue weighted by molar-refractivity contribution is 5.77. The van der Waals surface area contributed by atoms with Gasteiger partial charge in [0.25, 0.3) is 5.91 Å². The predicted octanol–water partition coefficient (Wildman–Crippen LogP) is 2.78. The highest BCUT2D eigenvalue weighted by Gasteiger charge is 2.12. The second-order valence-corrected chi connectivity index (χ2v) is 5.10. The molecule has 0 aliphatic carbocycles. The lowest BCUT2D eigenvalue weighted by Crippen LogP contribution is -2.36. The third-order valence-corrected chi connectivity index (χ3v) is 3.25. The summed E-state index contributed by atoms with van der Waals surface area (Å²) in [5.74, 6) is 0.603. The average molecular weight is 278 g/mol. The molecule has 0 spiro atoms. The molecule has 0 fully saturated rings. The summed E-state index contributed by atoms with van der Waals surface area (Å²) in [7, 11) is 0. The molecule has 0 aromatic heterocycles. The van der Waals surface area contributed by atoms with Gasteiger partial charge in [-0.2, -0.15) is 0 Å². The molecule has 0 aliphatic heterocycles. The standard InChI is InChI=1S/C16H26N2O2/c1-4-8-12(3)18-16(19)11-20-15-10-7-6-9-13(15)14(17)5-2/h6-7,9-10,12,14H,4-5,8,11,17H2,1-3H3,(H,18,19). The first-order valence-electron chi connectivity index (χ1n) is 7.35. The lowest BCUT2D eigenvalue weighted by molar-refractivity contribution is -0.123. The van der Waals surface area contributed by atoms with E-state index in [0.29, 0.717) is 5.75 Å². The number of rotatable bonds is 8. The van der Waals surface area contributed by atoms with Crippen molar-refractivity contribution in [3.8, 4) is 5.75 Å². The number of hydrogen-bond donors (Lipinski definition) is 2. The normalized spacial score (nSPS) is 13.6. The summed E-state index contributed by atoms with van der Waals surface area (Å²) in [6.45, 7) is 6.16. The highest BCUT2D eigenvalue weighted by Crippen LogP contribution is 2.25. The Morgan fingerprint density at radius 1 is 1.35 bits per heavy atom. The highest BCUT2D eigenvalue weighted by atomic mass is 16.5. The maximum absolute atomic E-state index is 11.8. The van der Waals surface area contributed by atoms with Crippen molar-refractivity contribution in [3.63, 3.8) is 0 Å². The fourth-order valence-electron chi connectivity index (χ4n) is 2.10. The number of carbonyl (C=O) groups is 1. The van der Waals surface area contributed by atoms with E-state index in [-0.39, 0.29) is 24.6 Å². The van der Waals surface area contributed by atoms with Crippen molar-refractivity contribution < 1.29 is 9.53 Å². The van der Waals surface area contributed by atoms with Gasteiger partial charge in [-0.1, -0.05) is 38.5 Å². The van der Waals surface area contributed by atoms with Crippen LogP contribution in [-0.4, -0.2) is 18.6 Å². The average Bonchev–Trinajstić information content (AvgIpc) is 2.44. The van der Waals surface area contributed by atoms with Crippen LogP contribution < -0.4 is 15.8 Å². The smallest absolute Gasteiger partial charge is 0.258 e. The summed E-state index contributed by atoms with van der Waals surface area (Å²) in [5, 5.41) is 2.92. The molecule has 1 amide bonds. The lowest BCUT2D eigenvalue weighted by Gasteiger charge is -2.17. The zero-order valence-corrected chi connectivity index (χ0v) is 12.7. The molecule has 0 aliphatic rings. The molecule has 0 saturated heterocycles. The van der Waals surface area contributed by atoms with Crippen molar-refractivity contribution in [2.75, 3.05) is 6.61 Å². The summed E-state index contributed by atoms with van der Waals surface area (Å²) in [4.78, 5) is 11.8. The molecule has 4 heteroatoms. The van der Waals surface area contributed by atoms with Gasteiger partial charge in [-0.3, -0.25) is 4.79 Å². The second kappa shape index (κ2) is 8.59. The first kappa shape index (κ1) is 16.5. The monoisotopic (exact) mass is 278 g/mol. The van der Waals surface area contributed by atoms with E-state index in [1.165, 1.54) is 0 Å². The van der Waals surface area contributed by atoms with Gasteiger partial charge in [0.2, 0.25) is 0 Å². The molecule has 4 nitrogen and oxygen atoms in total. The maximum atomic E-state index is 11.8. The molecule has 2 unspecified atom stereocenters. The van der Waals surface area contributed by atoms with E-state index in [1.807, 2.05) is 38.1 Å². The van der Waals surface area contributed by atoms with Gasteiger partial charge < -0.3 is 15.8 Å². The van der Waals surface area contributed by atoms with Gasteiger partial charge in [-0.05, 0) is 25.8 Å². The SMILES string of the molecule is CCCC(C)NC(=O)COc1ccccc1C(N)CC. The van der Waals surface area contributed by atoms with Crippen LogP contribution in [0.1, 0.15) is 51.6 Å². The Hall–Kier alpha value is -1.55. The molecule has 1 aromatic rings. The van der Waals surface area contributed by atoms with E-state index in [0.717, 1.165) is 24.8 Å². The molecule has 2 atom stereocenters. The fourth-order valence-corrected chi connectivity index (χ4v) is 2.10. The Morgan fingerprint density at radius 3 is 2.70 bits per heavy atom. The van der Waals surface area contributed by atoms with Crippen molar-refractivity contribution >= 4 is 5.91 Å². The van der Waals surface area contributed by atoms with E-state index >= 15 is 0 Å². The number of para-hydroxylation sites is 1. The van der Waals surface area contributed by atoms with Crippen LogP contribution in [-0.2, 0) is 4.79 Å². The molecule has 112 valence electrons. The number of carbonyl (C=O) groups excluding carboxylic acids is 1. The van der Waals surface area contributed by atoms with Crippen molar-refractivity contribution in [3.05, 3.63) is 29.8 Å². The van der Waals surface area contributed by atoms with Crippen molar-refractivity contribution in [1.29, 1.82) is 0 Å². The molecule has 0 bridgehead atoms. The van der Waals surface area contributed by atoms with Crippen molar-refractivity contribution in [2.45, 2.75) is 52.1 Å². The minimum atomic E-state index is -0.0918. The van der Waals surface area contributed by atoms with E-state index in [4.69, 9.17) is 10.5 Å². The van der Waals surface area contributed by atoms with E-state index in [1.54, 1.807) is 0 Å². The molecule has 0 saturated carbocycles. The summed E-state index contributed by atoms with van der Waals surface area (Å²) in [6, 6.07) is 7.74. The van der Waals surface area contributed by atoms with Crippen LogP contribution in [0, 0.1) is 0 Å². The van der Waals surface area contributed by atoms with Crippen molar-refractivity contribution in [1.82, 2.24) is 5.32 Å². The van der Waals surface area contributed by atoms with Crippen LogP contribution in [0.3, 0.4) is 0 Å². The molecule has 1 aromatic carbocycles. The van der Waals surface area contributed by atoms with Gasteiger partial charge in [0.1, 0.15) is 5.75 Å². The molecule has 0 heterocycles. The quantitative estimate of drug-likeness (QED) is 0.768. The zero-order valence-electron chi connectivity index (χ0n) is 12.7. The van der Waals surface area contributed by atoms with Crippen LogP contribution in [0.25, 0.3) is 0 Å². The number of benzene rings is 1. The zero-order chi connectivity index (χ0) is 15.0. The topological polar surface area (TPSA) is 64.3 Å². The maximum Gasteiger partial charge on any atom is 0.258 e. The van der Waals surface area contributed by atoms with Crippen LogP contribution in [0.5, 0.6) is 5.75 Å². The fraction of sp³-hybridized carbons (Fsp3) is 0.562. The summed E-state index contributed by atoms with van der Waals surface area (Å²) >= 11 is 0. The van der Waals surface area contributed by atoms with Gasteiger partial charge in [0, 0.05) is 17.6 Å². The largest absolute Gasteiger partial charge is 0.483 e. The molecule has 0 radical (unpaired) electrons. The first-order valence-corrected chi connectivity index (χ1v) is 7.35. The Bertz CT molecular complexity index is 421. The predicted molar refractivity (Wildman–Crippen MR) is 81.7 cm³/mol. The second-order valence-electron chi connectivity index (χ2n) is 5.10. The Kier molecular flexibility index (Phi) is 7.09. The van der Waals surface area contributed by atoms with Crippen molar-refractivity contribution in [2.24, 2.45) is 5.73 Å². The molecule has 3 N–H and O–H groups in total. The first-order chi connectivity index (χ1) is 9.58. The van der Waals surface area contributed by atoms with Crippen LogP contribution in [0.4, 0.5) is 0 Å². The number of nitrogens with one attached hydrogen (secondary N) is 1. The molecule has 1 rings (SSSR count). The molecular formula is C16H26N2O2. The Morgan fingerprint density at radius 2 is 2.05 bits per heavy atom. The Labute approximate surface area is 121 Å². The van der Waals surface area contributed by atoms with Gasteiger partial charge >= 0.3 is 0 Å². The Balaban J connectivity index is 2.55. The van der Waals surface area contributed by atoms with Crippen LogP contribution in [0.15, 0.2) is 24.3 Å². The minimum absolute atomic E-state index is 0.0293. The number of ether oxygens (including phenoxy) is 1.